The first-order valence-electron chi connectivity index (χ1n) is 10.3. The van der Waals surface area contributed by atoms with Gasteiger partial charge in [-0.25, -0.2) is 9.97 Å². The average molecular weight is 514 g/mol. The molecule has 0 fully saturated rings. The van der Waals surface area contributed by atoms with E-state index in [-0.39, 0.29) is 22.7 Å². The number of benzene rings is 2. The van der Waals surface area contributed by atoms with E-state index in [1.807, 2.05) is 24.3 Å². The van der Waals surface area contributed by atoms with E-state index in [4.69, 9.17) is 42.1 Å². The molecule has 0 unspecified atom stereocenters. The van der Waals surface area contributed by atoms with Crippen LogP contribution < -0.4 is 24.3 Å². The monoisotopic (exact) mass is 513 g/mol. The van der Waals surface area contributed by atoms with Crippen LogP contribution in [-0.4, -0.2) is 41.3 Å². The van der Waals surface area contributed by atoms with Crippen molar-refractivity contribution in [1.29, 1.82) is 0 Å². The minimum atomic E-state index is 0.166. The zero-order valence-electron chi connectivity index (χ0n) is 19.1. The van der Waals surface area contributed by atoms with Gasteiger partial charge in [-0.1, -0.05) is 35.3 Å². The molecule has 1 N–H and O–H groups in total. The van der Waals surface area contributed by atoms with Crippen molar-refractivity contribution in [1.82, 2.24) is 19.9 Å². The van der Waals surface area contributed by atoms with Gasteiger partial charge in [0.1, 0.15) is 46.0 Å². The average Bonchev–Trinajstić information content (AvgIpc) is 2.90. The Morgan fingerprint density at radius 1 is 0.857 bits per heavy atom. The number of hydrogen-bond acceptors (Lipinski definition) is 9. The molecule has 0 spiro atoms. The molecule has 180 valence electrons. The van der Waals surface area contributed by atoms with E-state index >= 15 is 0 Å². The van der Waals surface area contributed by atoms with E-state index in [9.17, 15) is 0 Å². The summed E-state index contributed by atoms with van der Waals surface area (Å²) in [7, 11) is 4.62. The first kappa shape index (κ1) is 24.3. The van der Waals surface area contributed by atoms with Crippen LogP contribution in [0.1, 0.15) is 5.56 Å². The molecule has 0 aliphatic rings. The second-order valence-electron chi connectivity index (χ2n) is 7.04. The molecule has 0 saturated heterocycles. The number of rotatable bonds is 9. The Labute approximate surface area is 212 Å². The summed E-state index contributed by atoms with van der Waals surface area (Å²) >= 11 is 13.0. The Kier molecular flexibility index (Phi) is 7.69. The molecule has 0 amide bonds. The second-order valence-corrected chi connectivity index (χ2v) is 7.79. The molecule has 0 radical (unpaired) electrons. The van der Waals surface area contributed by atoms with Crippen molar-refractivity contribution in [2.45, 2.75) is 6.61 Å². The van der Waals surface area contributed by atoms with Crippen molar-refractivity contribution in [3.05, 3.63) is 70.6 Å². The molecule has 35 heavy (non-hydrogen) atoms. The maximum Gasteiger partial charge on any atom is 0.320 e. The maximum atomic E-state index is 6.51. The molecule has 9 nitrogen and oxygen atoms in total. The molecule has 2 aromatic heterocycles. The third-order valence-corrected chi connectivity index (χ3v) is 5.69. The van der Waals surface area contributed by atoms with Gasteiger partial charge in [-0.3, -0.25) is 0 Å². The number of halogens is 2. The number of methoxy groups -OCH3 is 3. The highest BCUT2D eigenvalue weighted by Gasteiger charge is 2.20. The normalized spacial score (nSPS) is 10.5. The highest BCUT2D eigenvalue weighted by molar-refractivity contribution is 6.41. The molecule has 0 saturated carbocycles. The number of anilines is 2. The van der Waals surface area contributed by atoms with Crippen LogP contribution in [0.5, 0.6) is 23.3 Å². The minimum Gasteiger partial charge on any atom is -0.497 e. The summed E-state index contributed by atoms with van der Waals surface area (Å²) in [5.74, 6) is 2.31. The summed E-state index contributed by atoms with van der Waals surface area (Å²) in [5, 5.41) is 3.70. The van der Waals surface area contributed by atoms with Gasteiger partial charge in [0.25, 0.3) is 0 Å². The number of nitrogens with one attached hydrogen (secondary N) is 1. The fourth-order valence-corrected chi connectivity index (χ4v) is 3.74. The van der Waals surface area contributed by atoms with Crippen LogP contribution in [0.4, 0.5) is 11.5 Å². The summed E-state index contributed by atoms with van der Waals surface area (Å²) in [4.78, 5) is 17.3. The van der Waals surface area contributed by atoms with Gasteiger partial charge in [-0.2, -0.15) is 9.97 Å². The lowest BCUT2D eigenvalue weighted by Gasteiger charge is -2.17. The maximum absolute atomic E-state index is 6.51. The van der Waals surface area contributed by atoms with Crippen molar-refractivity contribution >= 4 is 34.7 Å². The molecule has 0 bridgehead atoms. The van der Waals surface area contributed by atoms with E-state index in [2.05, 4.69) is 25.3 Å². The topological polar surface area (TPSA) is 101 Å². The van der Waals surface area contributed by atoms with Crippen molar-refractivity contribution in [3.8, 4) is 34.6 Å². The number of ether oxygens (including phenoxy) is 4. The Morgan fingerprint density at radius 3 is 2.23 bits per heavy atom. The summed E-state index contributed by atoms with van der Waals surface area (Å²) in [5.41, 5.74) is 1.89. The van der Waals surface area contributed by atoms with Gasteiger partial charge in [-0.15, -0.1) is 0 Å². The lowest BCUT2D eigenvalue weighted by molar-refractivity contribution is 0.280. The standard InChI is InChI=1S/C24H21Cl2N5O4/c1-32-15-8-6-14(7-9-15)12-35-24-29-13-28-23(31-24)16-5-4-10-27-22(16)30-21-19(25)17(33-2)11-18(34-3)20(21)26/h4-11,13H,12H2,1-3H3,(H,27,30). The third kappa shape index (κ3) is 5.47. The molecule has 0 aliphatic heterocycles. The van der Waals surface area contributed by atoms with Gasteiger partial charge in [0, 0.05) is 12.3 Å². The van der Waals surface area contributed by atoms with E-state index in [0.29, 0.717) is 34.4 Å². The second kappa shape index (κ2) is 11.1. The first-order valence-corrected chi connectivity index (χ1v) is 11.1. The van der Waals surface area contributed by atoms with Gasteiger partial charge in [0.05, 0.1) is 32.6 Å². The zero-order chi connectivity index (χ0) is 24.8. The summed E-state index contributed by atoms with van der Waals surface area (Å²) < 4.78 is 21.6. The Morgan fingerprint density at radius 2 is 1.57 bits per heavy atom. The Balaban J connectivity index is 1.61. The molecular formula is C24H21Cl2N5O4. The lowest BCUT2D eigenvalue weighted by Crippen LogP contribution is -2.04. The summed E-state index contributed by atoms with van der Waals surface area (Å²) in [6.07, 6.45) is 2.99. The van der Waals surface area contributed by atoms with Crippen LogP contribution in [0.15, 0.2) is 55.0 Å². The van der Waals surface area contributed by atoms with Crippen LogP contribution in [0.3, 0.4) is 0 Å². The number of nitrogens with zero attached hydrogens (tertiary/aromatic N) is 4. The summed E-state index contributed by atoms with van der Waals surface area (Å²) in [6.45, 7) is 0.278. The molecule has 4 aromatic rings. The lowest BCUT2D eigenvalue weighted by atomic mass is 10.2. The molecule has 4 rings (SSSR count). The highest BCUT2D eigenvalue weighted by Crippen LogP contribution is 2.45. The van der Waals surface area contributed by atoms with Crippen LogP contribution in [0.25, 0.3) is 11.4 Å². The predicted octanol–water partition coefficient (Wildman–Crippen LogP) is 5.59. The largest absolute Gasteiger partial charge is 0.497 e. The number of pyridine rings is 1. The summed E-state index contributed by atoms with van der Waals surface area (Å²) in [6, 6.07) is 12.9. The smallest absolute Gasteiger partial charge is 0.320 e. The molecule has 0 aliphatic carbocycles. The molecule has 2 heterocycles. The molecule has 11 heteroatoms. The first-order chi connectivity index (χ1) is 17.0. The van der Waals surface area contributed by atoms with Gasteiger partial charge in [0.2, 0.25) is 0 Å². The fourth-order valence-electron chi connectivity index (χ4n) is 3.15. The van der Waals surface area contributed by atoms with Crippen LogP contribution in [0.2, 0.25) is 10.0 Å². The Bertz CT molecular complexity index is 1290. The fraction of sp³-hybridized carbons (Fsp3) is 0.167. The molecular weight excluding hydrogens is 493 g/mol. The van der Waals surface area contributed by atoms with Crippen molar-refractivity contribution in [3.63, 3.8) is 0 Å². The zero-order valence-corrected chi connectivity index (χ0v) is 20.6. The van der Waals surface area contributed by atoms with Gasteiger partial charge < -0.3 is 24.3 Å². The van der Waals surface area contributed by atoms with Crippen LogP contribution in [-0.2, 0) is 6.61 Å². The SMILES string of the molecule is COc1ccc(COc2ncnc(-c3cccnc3Nc3c(Cl)c(OC)cc(OC)c3Cl)n2)cc1. The van der Waals surface area contributed by atoms with Gasteiger partial charge in [-0.05, 0) is 29.8 Å². The van der Waals surface area contributed by atoms with E-state index in [1.54, 1.807) is 31.5 Å². The highest BCUT2D eigenvalue weighted by atomic mass is 35.5. The van der Waals surface area contributed by atoms with Crippen molar-refractivity contribution < 1.29 is 18.9 Å². The molecule has 2 aromatic carbocycles. The Hall–Kier alpha value is -3.82. The minimum absolute atomic E-state index is 0.166. The van der Waals surface area contributed by atoms with Crippen LogP contribution >= 0.6 is 23.2 Å². The van der Waals surface area contributed by atoms with Crippen molar-refractivity contribution in [2.75, 3.05) is 26.6 Å². The van der Waals surface area contributed by atoms with Gasteiger partial charge in [0.15, 0.2) is 5.82 Å². The number of hydrogen-bond donors (Lipinski definition) is 1. The van der Waals surface area contributed by atoms with E-state index in [1.165, 1.54) is 20.5 Å². The van der Waals surface area contributed by atoms with E-state index in [0.717, 1.165) is 11.3 Å². The van der Waals surface area contributed by atoms with Crippen LogP contribution in [0, 0.1) is 0 Å². The third-order valence-electron chi connectivity index (χ3n) is 4.94. The number of aromatic nitrogens is 4. The quantitative estimate of drug-likeness (QED) is 0.306. The molecule has 0 atom stereocenters. The van der Waals surface area contributed by atoms with Gasteiger partial charge >= 0.3 is 6.01 Å². The van der Waals surface area contributed by atoms with E-state index < -0.39 is 0 Å². The predicted molar refractivity (Wildman–Crippen MR) is 133 cm³/mol. The van der Waals surface area contributed by atoms with Crippen molar-refractivity contribution in [2.24, 2.45) is 0 Å².